The molecule has 0 aromatic heterocycles. The van der Waals surface area contributed by atoms with E-state index in [4.69, 9.17) is 5.11 Å². The van der Waals surface area contributed by atoms with E-state index in [0.29, 0.717) is 19.3 Å². The summed E-state index contributed by atoms with van der Waals surface area (Å²) in [5.74, 6) is -0.0625. The molecule has 1 heterocycles. The van der Waals surface area contributed by atoms with E-state index in [1.54, 1.807) is 7.05 Å². The standard InChI is InChI=1S/C7H11NO4/c1-8-5(9)3-2-4-6(8)12-7(10)11/h6H,2-4H2,1H3,(H,10,11)/t6-/m0/s1. The van der Waals surface area contributed by atoms with Crippen LogP contribution in [0.25, 0.3) is 0 Å². The fourth-order valence-electron chi connectivity index (χ4n) is 1.21. The number of ether oxygens (including phenoxy) is 1. The molecule has 0 aromatic carbocycles. The van der Waals surface area contributed by atoms with Crippen molar-refractivity contribution in [1.29, 1.82) is 0 Å². The lowest BCUT2D eigenvalue weighted by atomic mass is 10.1. The van der Waals surface area contributed by atoms with Crippen LogP contribution in [-0.4, -0.2) is 35.3 Å². The molecule has 0 unspecified atom stereocenters. The van der Waals surface area contributed by atoms with Gasteiger partial charge < -0.3 is 14.7 Å². The van der Waals surface area contributed by atoms with Gasteiger partial charge in [0.05, 0.1) is 0 Å². The van der Waals surface area contributed by atoms with Crippen LogP contribution in [0, 0.1) is 0 Å². The number of hydrogen-bond acceptors (Lipinski definition) is 3. The number of rotatable bonds is 1. The number of nitrogens with zero attached hydrogens (tertiary/aromatic N) is 1. The number of carbonyl (C=O) groups excluding carboxylic acids is 1. The van der Waals surface area contributed by atoms with E-state index in [9.17, 15) is 9.59 Å². The Kier molecular flexibility index (Phi) is 2.52. The molecule has 1 fully saturated rings. The maximum atomic E-state index is 11.0. The fraction of sp³-hybridized carbons (Fsp3) is 0.714. The summed E-state index contributed by atoms with van der Waals surface area (Å²) in [7, 11) is 1.55. The van der Waals surface area contributed by atoms with Crippen LogP contribution in [0.5, 0.6) is 0 Å². The fourth-order valence-corrected chi connectivity index (χ4v) is 1.21. The van der Waals surface area contributed by atoms with Gasteiger partial charge in [0, 0.05) is 19.9 Å². The first-order valence-electron chi connectivity index (χ1n) is 3.76. The van der Waals surface area contributed by atoms with Crippen LogP contribution in [-0.2, 0) is 9.53 Å². The van der Waals surface area contributed by atoms with Crippen LogP contribution in [0.3, 0.4) is 0 Å². The van der Waals surface area contributed by atoms with E-state index in [1.165, 1.54) is 4.90 Å². The van der Waals surface area contributed by atoms with Gasteiger partial charge in [-0.05, 0) is 6.42 Å². The third kappa shape index (κ3) is 1.87. The van der Waals surface area contributed by atoms with E-state index in [0.717, 1.165) is 0 Å². The Morgan fingerprint density at radius 3 is 3.00 bits per heavy atom. The van der Waals surface area contributed by atoms with Crippen molar-refractivity contribution >= 4 is 12.1 Å². The third-order valence-electron chi connectivity index (χ3n) is 1.90. The zero-order valence-corrected chi connectivity index (χ0v) is 6.82. The molecule has 0 radical (unpaired) electrons. The van der Waals surface area contributed by atoms with Crippen molar-refractivity contribution < 1.29 is 19.4 Å². The molecule has 1 amide bonds. The van der Waals surface area contributed by atoms with Crippen molar-refractivity contribution in [2.45, 2.75) is 25.5 Å². The number of hydrogen-bond donors (Lipinski definition) is 1. The van der Waals surface area contributed by atoms with Gasteiger partial charge >= 0.3 is 6.16 Å². The van der Waals surface area contributed by atoms with Gasteiger partial charge in [-0.15, -0.1) is 0 Å². The Balaban J connectivity index is 2.52. The predicted octanol–water partition coefficient (Wildman–Crippen LogP) is 0.649. The highest BCUT2D eigenvalue weighted by Gasteiger charge is 2.27. The SMILES string of the molecule is CN1C(=O)CCC[C@@H]1OC(=O)O. The molecule has 68 valence electrons. The van der Waals surface area contributed by atoms with Gasteiger partial charge in [-0.2, -0.15) is 0 Å². The minimum Gasteiger partial charge on any atom is -0.450 e. The molecule has 0 spiro atoms. The topological polar surface area (TPSA) is 66.8 Å². The van der Waals surface area contributed by atoms with Crippen LogP contribution in [0.15, 0.2) is 0 Å². The molecule has 0 aromatic rings. The zero-order valence-electron chi connectivity index (χ0n) is 6.82. The van der Waals surface area contributed by atoms with Gasteiger partial charge in [0.15, 0.2) is 6.23 Å². The van der Waals surface area contributed by atoms with E-state index < -0.39 is 12.4 Å². The molecule has 1 atom stereocenters. The van der Waals surface area contributed by atoms with Crippen LogP contribution in [0.4, 0.5) is 4.79 Å². The van der Waals surface area contributed by atoms with Crippen LogP contribution in [0.2, 0.25) is 0 Å². The largest absolute Gasteiger partial charge is 0.507 e. The van der Waals surface area contributed by atoms with Crippen molar-refractivity contribution in [2.75, 3.05) is 7.05 Å². The summed E-state index contributed by atoms with van der Waals surface area (Å²) in [6, 6.07) is 0. The maximum absolute atomic E-state index is 11.0. The van der Waals surface area contributed by atoms with E-state index in [1.807, 2.05) is 0 Å². The first-order chi connectivity index (χ1) is 5.61. The smallest absolute Gasteiger partial charge is 0.450 e. The molecule has 1 saturated heterocycles. The van der Waals surface area contributed by atoms with Gasteiger partial charge in [0.2, 0.25) is 5.91 Å². The summed E-state index contributed by atoms with van der Waals surface area (Å²) < 4.78 is 4.50. The van der Waals surface area contributed by atoms with Gasteiger partial charge in [-0.25, -0.2) is 4.79 Å². The van der Waals surface area contributed by atoms with Crippen molar-refractivity contribution in [3.8, 4) is 0 Å². The molecule has 5 heteroatoms. The molecule has 1 N–H and O–H groups in total. The Morgan fingerprint density at radius 2 is 2.42 bits per heavy atom. The molecule has 5 nitrogen and oxygen atoms in total. The van der Waals surface area contributed by atoms with Crippen LogP contribution < -0.4 is 0 Å². The summed E-state index contributed by atoms with van der Waals surface area (Å²) in [5.41, 5.74) is 0. The average Bonchev–Trinajstić information content (AvgIpc) is 1.98. The minimum atomic E-state index is -1.33. The first-order valence-corrected chi connectivity index (χ1v) is 3.76. The average molecular weight is 173 g/mol. The lowest BCUT2D eigenvalue weighted by Crippen LogP contribution is -2.43. The monoisotopic (exact) mass is 173 g/mol. The zero-order chi connectivity index (χ0) is 9.14. The number of likely N-dealkylation sites (tertiary alicyclic amines) is 1. The van der Waals surface area contributed by atoms with Gasteiger partial charge in [-0.3, -0.25) is 4.79 Å². The molecule has 1 aliphatic heterocycles. The van der Waals surface area contributed by atoms with E-state index in [-0.39, 0.29) is 5.91 Å². The summed E-state index contributed by atoms with van der Waals surface area (Å²) in [5, 5.41) is 8.31. The van der Waals surface area contributed by atoms with E-state index in [2.05, 4.69) is 4.74 Å². The summed E-state index contributed by atoms with van der Waals surface area (Å²) in [6.45, 7) is 0. The normalized spacial score (nSPS) is 23.9. The van der Waals surface area contributed by atoms with E-state index >= 15 is 0 Å². The summed E-state index contributed by atoms with van der Waals surface area (Å²) >= 11 is 0. The molecule has 0 saturated carbocycles. The minimum absolute atomic E-state index is 0.0625. The second kappa shape index (κ2) is 3.42. The molecule has 0 aliphatic carbocycles. The van der Waals surface area contributed by atoms with Gasteiger partial charge in [-0.1, -0.05) is 0 Å². The highest BCUT2D eigenvalue weighted by Crippen LogP contribution is 2.16. The second-order valence-corrected chi connectivity index (χ2v) is 2.74. The highest BCUT2D eigenvalue weighted by molar-refractivity contribution is 5.77. The molecule has 1 rings (SSSR count). The van der Waals surface area contributed by atoms with Crippen molar-refractivity contribution in [3.63, 3.8) is 0 Å². The maximum Gasteiger partial charge on any atom is 0.507 e. The van der Waals surface area contributed by atoms with Crippen LogP contribution >= 0.6 is 0 Å². The lowest BCUT2D eigenvalue weighted by Gasteiger charge is -2.30. The number of carboxylic acid groups (broad SMARTS) is 1. The van der Waals surface area contributed by atoms with Crippen LogP contribution in [0.1, 0.15) is 19.3 Å². The second-order valence-electron chi connectivity index (χ2n) is 2.74. The van der Waals surface area contributed by atoms with Gasteiger partial charge in [0.1, 0.15) is 0 Å². The van der Waals surface area contributed by atoms with Crippen molar-refractivity contribution in [3.05, 3.63) is 0 Å². The molecular formula is C7H11NO4. The van der Waals surface area contributed by atoms with Gasteiger partial charge in [0.25, 0.3) is 0 Å². The van der Waals surface area contributed by atoms with Crippen molar-refractivity contribution in [2.24, 2.45) is 0 Å². The highest BCUT2D eigenvalue weighted by atomic mass is 16.7. The number of carbonyl (C=O) groups is 2. The molecule has 0 bridgehead atoms. The predicted molar refractivity (Wildman–Crippen MR) is 39.5 cm³/mol. The molecule has 1 aliphatic rings. The Morgan fingerprint density at radius 1 is 1.75 bits per heavy atom. The Labute approximate surface area is 69.9 Å². The quantitative estimate of drug-likeness (QED) is 0.591. The summed E-state index contributed by atoms with van der Waals surface area (Å²) in [6.07, 6.45) is -0.156. The molecule has 12 heavy (non-hydrogen) atoms. The summed E-state index contributed by atoms with van der Waals surface area (Å²) in [4.78, 5) is 22.5. The first kappa shape index (κ1) is 8.83. The lowest BCUT2D eigenvalue weighted by molar-refractivity contribution is -0.145. The number of amides is 1. The third-order valence-corrected chi connectivity index (χ3v) is 1.90. The molecular weight excluding hydrogens is 162 g/mol. The van der Waals surface area contributed by atoms with Crippen molar-refractivity contribution in [1.82, 2.24) is 4.90 Å². The Bertz CT molecular complexity index is 204. The number of piperidine rings is 1. The Hall–Kier alpha value is -1.26.